The zero-order valence-electron chi connectivity index (χ0n) is 10.7. The van der Waals surface area contributed by atoms with E-state index >= 15 is 0 Å². The molecule has 0 N–H and O–H groups in total. The van der Waals surface area contributed by atoms with E-state index in [2.05, 4.69) is 14.7 Å². The van der Waals surface area contributed by atoms with E-state index in [0.717, 1.165) is 15.6 Å². The van der Waals surface area contributed by atoms with Crippen LogP contribution in [0.1, 0.15) is 9.67 Å². The summed E-state index contributed by atoms with van der Waals surface area (Å²) in [7, 11) is -1.22. The number of sulfonamides is 1. The number of rotatable bonds is 4. The number of esters is 1. The summed E-state index contributed by atoms with van der Waals surface area (Å²) in [5.41, 5.74) is 0. The van der Waals surface area contributed by atoms with Gasteiger partial charge in [0.1, 0.15) is 4.88 Å². The fourth-order valence-corrected chi connectivity index (χ4v) is 3.66. The Bertz CT molecular complexity index is 712. The molecule has 0 aromatic carbocycles. The molecule has 0 aliphatic rings. The second kappa shape index (κ2) is 5.55. The van der Waals surface area contributed by atoms with Crippen LogP contribution in [0, 0.1) is 0 Å². The molecule has 0 saturated heterocycles. The average molecular weight is 313 g/mol. The third-order valence-corrected chi connectivity index (χ3v) is 5.23. The summed E-state index contributed by atoms with van der Waals surface area (Å²) in [6.07, 6.45) is 2.89. The number of aromatic nitrogens is 2. The predicted molar refractivity (Wildman–Crippen MR) is 73.3 cm³/mol. The van der Waals surface area contributed by atoms with Crippen LogP contribution in [0.5, 0.6) is 0 Å². The molecule has 0 saturated carbocycles. The molecule has 9 heteroatoms. The lowest BCUT2D eigenvalue weighted by Crippen LogP contribution is -2.27. The highest BCUT2D eigenvalue weighted by atomic mass is 32.2. The fourth-order valence-electron chi connectivity index (χ4n) is 1.38. The van der Waals surface area contributed by atoms with Crippen molar-refractivity contribution in [1.29, 1.82) is 0 Å². The number of hydrogen-bond acceptors (Lipinski definition) is 7. The normalized spacial score (nSPS) is 11.1. The van der Waals surface area contributed by atoms with Crippen molar-refractivity contribution < 1.29 is 17.9 Å². The standard InChI is InChI=1S/C11H11N3O4S2/c1-14(11-12-4-3-5-13-11)20(16,17)8-6-9(19-7-8)10(15)18-2/h3-7H,1-2H3. The first-order valence-corrected chi connectivity index (χ1v) is 7.71. The summed E-state index contributed by atoms with van der Waals surface area (Å²) in [5.74, 6) is -0.520. The number of thiophene rings is 1. The minimum Gasteiger partial charge on any atom is -0.465 e. The predicted octanol–water partition coefficient (Wildman–Crippen LogP) is 1.15. The quantitative estimate of drug-likeness (QED) is 0.787. The molecular formula is C11H11N3O4S2. The second-order valence-corrected chi connectivity index (χ2v) is 6.54. The number of anilines is 1. The monoisotopic (exact) mass is 313 g/mol. The number of ether oxygens (including phenoxy) is 1. The zero-order chi connectivity index (χ0) is 14.8. The second-order valence-electron chi connectivity index (χ2n) is 3.66. The first-order chi connectivity index (χ1) is 9.46. The van der Waals surface area contributed by atoms with Crippen molar-refractivity contribution in [3.63, 3.8) is 0 Å². The third kappa shape index (κ3) is 2.63. The summed E-state index contributed by atoms with van der Waals surface area (Å²) < 4.78 is 30.2. The molecule has 0 aliphatic heterocycles. The smallest absolute Gasteiger partial charge is 0.348 e. The third-order valence-electron chi connectivity index (χ3n) is 2.45. The van der Waals surface area contributed by atoms with Gasteiger partial charge in [0.15, 0.2) is 0 Å². The van der Waals surface area contributed by atoms with E-state index in [1.54, 1.807) is 6.07 Å². The lowest BCUT2D eigenvalue weighted by atomic mass is 10.5. The van der Waals surface area contributed by atoms with Crippen LogP contribution in [-0.2, 0) is 14.8 Å². The van der Waals surface area contributed by atoms with E-state index in [0.29, 0.717) is 0 Å². The highest BCUT2D eigenvalue weighted by molar-refractivity contribution is 7.92. The molecular weight excluding hydrogens is 302 g/mol. The molecule has 106 valence electrons. The molecule has 7 nitrogen and oxygen atoms in total. The highest BCUT2D eigenvalue weighted by Crippen LogP contribution is 2.24. The van der Waals surface area contributed by atoms with E-state index < -0.39 is 16.0 Å². The maximum atomic E-state index is 12.4. The van der Waals surface area contributed by atoms with Crippen LogP contribution in [-0.4, -0.2) is 38.5 Å². The van der Waals surface area contributed by atoms with Gasteiger partial charge in [-0.15, -0.1) is 11.3 Å². The Labute approximate surface area is 119 Å². The molecule has 2 rings (SSSR count). The maximum absolute atomic E-state index is 12.4. The number of nitrogens with zero attached hydrogens (tertiary/aromatic N) is 3. The lowest BCUT2D eigenvalue weighted by molar-refractivity contribution is 0.0606. The molecule has 0 unspecified atom stereocenters. The van der Waals surface area contributed by atoms with Crippen molar-refractivity contribution in [2.24, 2.45) is 0 Å². The molecule has 0 spiro atoms. The van der Waals surface area contributed by atoms with Gasteiger partial charge in [-0.05, 0) is 12.1 Å². The minimum atomic E-state index is -3.80. The molecule has 0 atom stereocenters. The van der Waals surface area contributed by atoms with E-state index in [-0.39, 0.29) is 15.7 Å². The van der Waals surface area contributed by atoms with E-state index in [1.165, 1.54) is 38.0 Å². The van der Waals surface area contributed by atoms with Crippen LogP contribution < -0.4 is 4.31 Å². The Balaban J connectivity index is 2.36. The Kier molecular flexibility index (Phi) is 4.00. The number of methoxy groups -OCH3 is 1. The first-order valence-electron chi connectivity index (χ1n) is 5.39. The van der Waals surface area contributed by atoms with Crippen LogP contribution in [0.15, 0.2) is 34.8 Å². The van der Waals surface area contributed by atoms with Crippen molar-refractivity contribution >= 4 is 33.3 Å². The molecule has 2 heterocycles. The summed E-state index contributed by atoms with van der Waals surface area (Å²) in [5, 5.41) is 1.38. The number of hydrogen-bond donors (Lipinski definition) is 0. The van der Waals surface area contributed by atoms with E-state index in [9.17, 15) is 13.2 Å². The summed E-state index contributed by atoms with van der Waals surface area (Å²) in [4.78, 5) is 19.3. The van der Waals surface area contributed by atoms with Crippen LogP contribution in [0.25, 0.3) is 0 Å². The van der Waals surface area contributed by atoms with Crippen molar-refractivity contribution in [3.05, 3.63) is 34.8 Å². The molecule has 0 bridgehead atoms. The number of carbonyl (C=O) groups excluding carboxylic acids is 1. The van der Waals surface area contributed by atoms with Gasteiger partial charge in [0, 0.05) is 24.8 Å². The summed E-state index contributed by atoms with van der Waals surface area (Å²) in [6.45, 7) is 0. The van der Waals surface area contributed by atoms with Gasteiger partial charge in [0.2, 0.25) is 5.95 Å². The Morgan fingerprint density at radius 1 is 1.35 bits per heavy atom. The van der Waals surface area contributed by atoms with Crippen LogP contribution in [0.4, 0.5) is 5.95 Å². The average Bonchev–Trinajstić information content (AvgIpc) is 2.97. The minimum absolute atomic E-state index is 0.00199. The Hall–Kier alpha value is -2.00. The maximum Gasteiger partial charge on any atom is 0.348 e. The van der Waals surface area contributed by atoms with Crippen molar-refractivity contribution in [2.45, 2.75) is 4.90 Å². The highest BCUT2D eigenvalue weighted by Gasteiger charge is 2.25. The van der Waals surface area contributed by atoms with Crippen molar-refractivity contribution in [2.75, 3.05) is 18.5 Å². The van der Waals surface area contributed by atoms with Gasteiger partial charge in [-0.2, -0.15) is 0 Å². The van der Waals surface area contributed by atoms with Crippen LogP contribution in [0.2, 0.25) is 0 Å². The molecule has 0 radical (unpaired) electrons. The van der Waals surface area contributed by atoms with Crippen LogP contribution in [0.3, 0.4) is 0 Å². The van der Waals surface area contributed by atoms with Gasteiger partial charge < -0.3 is 4.74 Å². The van der Waals surface area contributed by atoms with E-state index in [4.69, 9.17) is 0 Å². The topological polar surface area (TPSA) is 89.5 Å². The largest absolute Gasteiger partial charge is 0.465 e. The van der Waals surface area contributed by atoms with Gasteiger partial charge in [0.25, 0.3) is 10.0 Å². The molecule has 20 heavy (non-hydrogen) atoms. The Morgan fingerprint density at radius 2 is 2.00 bits per heavy atom. The SMILES string of the molecule is COC(=O)c1cc(S(=O)(=O)N(C)c2ncccn2)cs1. The van der Waals surface area contributed by atoms with Crippen molar-refractivity contribution in [1.82, 2.24) is 9.97 Å². The lowest BCUT2D eigenvalue weighted by Gasteiger charge is -2.15. The van der Waals surface area contributed by atoms with Gasteiger partial charge in [-0.3, -0.25) is 0 Å². The molecule has 2 aromatic heterocycles. The summed E-state index contributed by atoms with van der Waals surface area (Å²) >= 11 is 1.00. The number of carbonyl (C=O) groups is 1. The molecule has 2 aromatic rings. The Morgan fingerprint density at radius 3 is 2.60 bits per heavy atom. The summed E-state index contributed by atoms with van der Waals surface area (Å²) in [6, 6.07) is 2.86. The van der Waals surface area contributed by atoms with Gasteiger partial charge in [0.05, 0.1) is 12.0 Å². The molecule has 0 fully saturated rings. The van der Waals surface area contributed by atoms with Crippen molar-refractivity contribution in [3.8, 4) is 0 Å². The fraction of sp³-hybridized carbons (Fsp3) is 0.182. The van der Waals surface area contributed by atoms with Gasteiger partial charge in [-0.25, -0.2) is 27.5 Å². The molecule has 0 amide bonds. The van der Waals surface area contributed by atoms with Gasteiger partial charge >= 0.3 is 5.97 Å². The molecule has 0 aliphatic carbocycles. The first kappa shape index (κ1) is 14.4. The zero-order valence-corrected chi connectivity index (χ0v) is 12.3. The van der Waals surface area contributed by atoms with Crippen LogP contribution >= 0.6 is 11.3 Å². The van der Waals surface area contributed by atoms with Gasteiger partial charge in [-0.1, -0.05) is 0 Å². The van der Waals surface area contributed by atoms with E-state index in [1.807, 2.05) is 0 Å².